The fourth-order valence-corrected chi connectivity index (χ4v) is 15.0. The summed E-state index contributed by atoms with van der Waals surface area (Å²) in [7, 11) is 0. The van der Waals surface area contributed by atoms with Gasteiger partial charge in [0.05, 0.1) is 78.7 Å². The van der Waals surface area contributed by atoms with E-state index in [2.05, 4.69) is 16.9 Å². The standard InChI is InChI=1S/C23H22O6.C20H28O6.C16H24O6.C15H22O7/c1-14(22(25)28-12-15-10-21(24)27-11-15)23(26)29-13-20-18-8-4-2-6-16(18)17-7-3-5-9-19(17)20;1-12(18(22)25-10-16-5-17(21)24-9-16)19(23)26-11-20-6-13-2-14(7-20)4-15(3-13)8-20;1-11(15(18)21-8-12-5-3-2-4-6-12)16(19)22-10-13-7-14(17)20-9-13;1-10(13(16)19-7-11-5-3-2-4-6-11)14(17)20-8-12-9-21-15(18)22-12/h2-9,14-15,20H,10-13H2,1H3;12-16H,2-11H2,1H3;11-13H,2-10H2,1H3;10-12H,2-9H2,1H3. The van der Waals surface area contributed by atoms with Gasteiger partial charge in [-0.2, -0.15) is 0 Å². The summed E-state index contributed by atoms with van der Waals surface area (Å²) in [6.07, 6.45) is 18.4. The molecule has 542 valence electrons. The minimum Gasteiger partial charge on any atom is -0.465 e. The summed E-state index contributed by atoms with van der Waals surface area (Å²) in [5.41, 5.74) is 4.66. The molecular weight excluding hydrogens is 1290 g/mol. The summed E-state index contributed by atoms with van der Waals surface area (Å²) < 4.78 is 65.6. The Hall–Kier alpha value is -8.12. The van der Waals surface area contributed by atoms with Gasteiger partial charge in [0.25, 0.3) is 0 Å². The number of benzene rings is 2. The van der Waals surface area contributed by atoms with E-state index in [1.165, 1.54) is 105 Å². The van der Waals surface area contributed by atoms with Gasteiger partial charge in [0.15, 0.2) is 29.8 Å². The molecule has 6 saturated carbocycles. The van der Waals surface area contributed by atoms with Crippen LogP contribution >= 0.6 is 0 Å². The number of rotatable bonds is 24. The number of esters is 11. The van der Waals surface area contributed by atoms with Crippen LogP contribution in [0.25, 0.3) is 11.1 Å². The zero-order chi connectivity index (χ0) is 70.6. The van der Waals surface area contributed by atoms with Gasteiger partial charge in [0, 0.05) is 29.1 Å². The number of cyclic esters (lactones) is 5. The highest BCUT2D eigenvalue weighted by molar-refractivity contribution is 5.96. The first kappa shape index (κ1) is 75.1. The lowest BCUT2D eigenvalue weighted by Gasteiger charge is -2.56. The van der Waals surface area contributed by atoms with Crippen molar-refractivity contribution in [2.45, 2.75) is 162 Å². The topological polar surface area (TPSA) is 325 Å². The second kappa shape index (κ2) is 36.3. The molecule has 7 aliphatic carbocycles. The van der Waals surface area contributed by atoms with Crippen LogP contribution in [-0.2, 0) is 114 Å². The van der Waals surface area contributed by atoms with Crippen molar-refractivity contribution in [1.82, 2.24) is 0 Å². The highest BCUT2D eigenvalue weighted by Gasteiger charge is 2.52. The van der Waals surface area contributed by atoms with E-state index in [0.29, 0.717) is 31.7 Å². The van der Waals surface area contributed by atoms with Crippen LogP contribution in [0, 0.1) is 76.4 Å². The molecule has 4 heterocycles. The van der Waals surface area contributed by atoms with Gasteiger partial charge in [0.2, 0.25) is 0 Å². The number of fused-ring (bicyclic) bond motifs is 3. The van der Waals surface area contributed by atoms with Crippen LogP contribution in [0.5, 0.6) is 0 Å². The lowest BCUT2D eigenvalue weighted by molar-refractivity contribution is -0.169. The highest BCUT2D eigenvalue weighted by atomic mass is 16.8. The fourth-order valence-electron chi connectivity index (χ4n) is 15.0. The summed E-state index contributed by atoms with van der Waals surface area (Å²) in [4.78, 5) is 140. The molecule has 11 aliphatic rings. The Kier molecular flexibility index (Phi) is 27.5. The summed E-state index contributed by atoms with van der Waals surface area (Å²) >= 11 is 0. The van der Waals surface area contributed by atoms with E-state index in [1.54, 1.807) is 0 Å². The fraction of sp³-hybridized carbons (Fsp3) is 0.676. The number of ether oxygens (including phenoxy) is 13. The van der Waals surface area contributed by atoms with E-state index >= 15 is 0 Å². The van der Waals surface area contributed by atoms with Gasteiger partial charge in [-0.05, 0) is 144 Å². The molecule has 4 aliphatic heterocycles. The van der Waals surface area contributed by atoms with Crippen molar-refractivity contribution in [1.29, 1.82) is 0 Å². The third-order valence-electron chi connectivity index (χ3n) is 20.5. The zero-order valence-electron chi connectivity index (χ0n) is 57.3. The maximum atomic E-state index is 12.4. The molecule has 4 bridgehead atoms. The predicted octanol–water partition coefficient (Wildman–Crippen LogP) is 9.25. The molecule has 0 spiro atoms. The first-order valence-corrected chi connectivity index (χ1v) is 35.4. The molecule has 4 saturated heterocycles. The smallest absolute Gasteiger partial charge is 0.465 e. The van der Waals surface area contributed by atoms with Crippen molar-refractivity contribution in [3.05, 3.63) is 59.7 Å². The number of hydrogen-bond acceptors (Lipinski definition) is 25. The lowest BCUT2D eigenvalue weighted by atomic mass is 9.50. The van der Waals surface area contributed by atoms with Gasteiger partial charge >= 0.3 is 71.8 Å². The normalized spacial score (nSPS) is 26.0. The van der Waals surface area contributed by atoms with E-state index in [-0.39, 0.29) is 126 Å². The largest absolute Gasteiger partial charge is 0.508 e. The molecule has 0 N–H and O–H groups in total. The molecule has 8 atom stereocenters. The molecule has 13 rings (SSSR count). The first-order valence-electron chi connectivity index (χ1n) is 35.4. The summed E-state index contributed by atoms with van der Waals surface area (Å²) in [6, 6.07) is 16.1. The summed E-state index contributed by atoms with van der Waals surface area (Å²) in [6.45, 7) is 8.28. The van der Waals surface area contributed by atoms with Crippen LogP contribution in [0.3, 0.4) is 0 Å². The maximum absolute atomic E-state index is 12.4. The minimum absolute atomic E-state index is 0.0482. The van der Waals surface area contributed by atoms with Gasteiger partial charge < -0.3 is 61.6 Å². The SMILES string of the molecule is CC(C(=O)OCC1CCCCC1)C(=O)OCC1COC(=O)C1.CC(C(=O)OCC1CCCCC1)C(=O)OCC1COC(=O)O1.CC(C(=O)OCC1COC(=O)C1)C(=O)OCC12CC3CC(CC(C3)C1)C2.CC(C(=O)OCC1COC(=O)C1)C(=O)OCC1c2ccccc2-c2ccccc21. The molecule has 8 unspecified atom stereocenters. The Morgan fingerprint density at radius 1 is 0.394 bits per heavy atom. The van der Waals surface area contributed by atoms with Gasteiger partial charge in [-0.25, -0.2) is 4.79 Å². The van der Waals surface area contributed by atoms with Gasteiger partial charge in [0.1, 0.15) is 19.8 Å². The van der Waals surface area contributed by atoms with E-state index in [9.17, 15) is 57.5 Å². The van der Waals surface area contributed by atoms with Crippen molar-refractivity contribution in [3.63, 3.8) is 0 Å². The van der Waals surface area contributed by atoms with Crippen LogP contribution < -0.4 is 0 Å². The molecule has 10 fully saturated rings. The Morgan fingerprint density at radius 2 is 0.717 bits per heavy atom. The van der Waals surface area contributed by atoms with Crippen molar-refractivity contribution in [2.75, 3.05) is 79.3 Å². The number of hydrogen-bond donors (Lipinski definition) is 0. The Balaban J connectivity index is 0.000000155. The van der Waals surface area contributed by atoms with Gasteiger partial charge in [-0.1, -0.05) is 87.1 Å². The van der Waals surface area contributed by atoms with E-state index in [4.69, 9.17) is 56.8 Å². The Bertz CT molecular complexity index is 3020. The van der Waals surface area contributed by atoms with E-state index in [1.807, 2.05) is 36.4 Å². The van der Waals surface area contributed by atoms with Crippen LogP contribution in [0.15, 0.2) is 48.5 Å². The Morgan fingerprint density at radius 3 is 1.05 bits per heavy atom. The third-order valence-corrected chi connectivity index (χ3v) is 20.5. The van der Waals surface area contributed by atoms with Crippen molar-refractivity contribution >= 4 is 71.8 Å². The average Bonchev–Trinajstić information content (AvgIpc) is 1.46. The Labute approximate surface area is 576 Å². The minimum atomic E-state index is -1.03. The maximum Gasteiger partial charge on any atom is 0.508 e. The van der Waals surface area contributed by atoms with E-state index < -0.39 is 83.7 Å². The van der Waals surface area contributed by atoms with Crippen molar-refractivity contribution < 1.29 is 119 Å². The van der Waals surface area contributed by atoms with Gasteiger partial charge in [-0.3, -0.25) is 52.7 Å². The van der Waals surface area contributed by atoms with E-state index in [0.717, 1.165) is 65.7 Å². The van der Waals surface area contributed by atoms with Crippen LogP contribution in [0.4, 0.5) is 4.79 Å². The molecule has 0 amide bonds. The highest BCUT2D eigenvalue weighted by Crippen LogP contribution is 2.60. The second-order valence-electron chi connectivity index (χ2n) is 28.6. The predicted molar refractivity (Wildman–Crippen MR) is 345 cm³/mol. The number of carbonyl (C=O) groups excluding carboxylic acids is 12. The molecule has 99 heavy (non-hydrogen) atoms. The average molecular weight is 1390 g/mol. The van der Waals surface area contributed by atoms with Gasteiger partial charge in [-0.15, -0.1) is 0 Å². The van der Waals surface area contributed by atoms with Crippen molar-refractivity contribution in [2.24, 2.45) is 76.4 Å². The summed E-state index contributed by atoms with van der Waals surface area (Å²) in [5, 5.41) is 0. The van der Waals surface area contributed by atoms with Crippen LogP contribution in [-0.4, -0.2) is 157 Å². The molecule has 25 heteroatoms. The van der Waals surface area contributed by atoms with Crippen LogP contribution in [0.1, 0.15) is 167 Å². The second-order valence-corrected chi connectivity index (χ2v) is 28.6. The molecule has 25 nitrogen and oxygen atoms in total. The summed E-state index contributed by atoms with van der Waals surface area (Å²) in [5.74, 6) is -6.65. The van der Waals surface area contributed by atoms with Crippen LogP contribution in [0.2, 0.25) is 0 Å². The molecule has 0 aromatic heterocycles. The van der Waals surface area contributed by atoms with Crippen molar-refractivity contribution in [3.8, 4) is 11.1 Å². The molecule has 2 aromatic carbocycles. The quantitative estimate of drug-likeness (QED) is 0.0536. The molecular formula is C74H96O25. The monoisotopic (exact) mass is 1380 g/mol. The number of carbonyl (C=O) groups is 12. The lowest BCUT2D eigenvalue weighted by Crippen LogP contribution is -2.48. The first-order chi connectivity index (χ1) is 47.6. The third kappa shape index (κ3) is 21.9. The zero-order valence-corrected chi connectivity index (χ0v) is 57.3. The molecule has 0 radical (unpaired) electrons. The molecule has 2 aromatic rings.